The molecule has 1 atom stereocenters. The van der Waals surface area contributed by atoms with Gasteiger partial charge in [0.15, 0.2) is 16.6 Å². The summed E-state index contributed by atoms with van der Waals surface area (Å²) in [6.07, 6.45) is 1.64. The zero-order chi connectivity index (χ0) is 16.1. The second-order valence-electron chi connectivity index (χ2n) is 4.72. The van der Waals surface area contributed by atoms with Gasteiger partial charge in [-0.15, -0.1) is 11.3 Å². The molecule has 1 heterocycles. The molecule has 118 valence electrons. The topological polar surface area (TPSA) is 72.5 Å². The van der Waals surface area contributed by atoms with Crippen LogP contribution in [0, 0.1) is 6.92 Å². The number of ether oxygens (including phenoxy) is 2. The fraction of sp³-hybridized carbons (Fsp3) is 0.333. The summed E-state index contributed by atoms with van der Waals surface area (Å²) in [5.41, 5.74) is 1.98. The smallest absolute Gasteiger partial charge is 0.321 e. The van der Waals surface area contributed by atoms with E-state index in [0.29, 0.717) is 16.6 Å². The number of nitrogens with zero attached hydrogens (tertiary/aromatic N) is 1. The van der Waals surface area contributed by atoms with E-state index in [1.807, 2.05) is 26.0 Å². The molecule has 0 aliphatic rings. The molecule has 0 radical (unpaired) electrons. The van der Waals surface area contributed by atoms with Crippen molar-refractivity contribution in [1.29, 1.82) is 0 Å². The van der Waals surface area contributed by atoms with Gasteiger partial charge in [-0.1, -0.05) is 0 Å². The van der Waals surface area contributed by atoms with E-state index in [9.17, 15) is 4.79 Å². The molecule has 0 aliphatic carbocycles. The van der Waals surface area contributed by atoms with Crippen molar-refractivity contribution in [3.05, 3.63) is 34.8 Å². The number of aryl methyl sites for hydroxylation is 1. The number of carbonyl (C=O) groups excluding carboxylic acids is 1. The number of methoxy groups -OCH3 is 2. The Kier molecular flexibility index (Phi) is 5.21. The van der Waals surface area contributed by atoms with Crippen LogP contribution >= 0.6 is 11.3 Å². The summed E-state index contributed by atoms with van der Waals surface area (Å²) < 4.78 is 10.6. The minimum atomic E-state index is -0.295. The number of aromatic nitrogens is 1. The third-order valence-electron chi connectivity index (χ3n) is 3.24. The summed E-state index contributed by atoms with van der Waals surface area (Å²) >= 11 is 1.37. The Morgan fingerprint density at radius 3 is 2.55 bits per heavy atom. The Labute approximate surface area is 133 Å². The van der Waals surface area contributed by atoms with E-state index in [-0.39, 0.29) is 12.1 Å². The van der Waals surface area contributed by atoms with Crippen LogP contribution < -0.4 is 20.1 Å². The van der Waals surface area contributed by atoms with Crippen molar-refractivity contribution in [2.45, 2.75) is 19.9 Å². The zero-order valence-electron chi connectivity index (χ0n) is 13.0. The normalized spacial score (nSPS) is 11.6. The summed E-state index contributed by atoms with van der Waals surface area (Å²) in [4.78, 5) is 16.0. The average Bonchev–Trinajstić information content (AvgIpc) is 2.99. The molecular formula is C15H19N3O3S. The first kappa shape index (κ1) is 16.1. The fourth-order valence-electron chi connectivity index (χ4n) is 2.16. The monoisotopic (exact) mass is 321 g/mol. The van der Waals surface area contributed by atoms with E-state index in [4.69, 9.17) is 9.47 Å². The average molecular weight is 321 g/mol. The third-order valence-corrected chi connectivity index (χ3v) is 3.93. The van der Waals surface area contributed by atoms with Crippen LogP contribution in [0.15, 0.2) is 23.7 Å². The molecule has 2 amide bonds. The molecule has 0 aliphatic heterocycles. The van der Waals surface area contributed by atoms with Crippen LogP contribution in [0.1, 0.15) is 24.1 Å². The van der Waals surface area contributed by atoms with E-state index in [1.165, 1.54) is 11.3 Å². The fourth-order valence-corrected chi connectivity index (χ4v) is 2.68. The van der Waals surface area contributed by atoms with Gasteiger partial charge in [-0.2, -0.15) is 0 Å². The lowest BCUT2D eigenvalue weighted by atomic mass is 10.0. The van der Waals surface area contributed by atoms with Gasteiger partial charge in [-0.3, -0.25) is 5.32 Å². The molecule has 1 aromatic carbocycles. The van der Waals surface area contributed by atoms with Crippen molar-refractivity contribution in [3.63, 3.8) is 0 Å². The van der Waals surface area contributed by atoms with Gasteiger partial charge in [0.1, 0.15) is 0 Å². The van der Waals surface area contributed by atoms with Gasteiger partial charge in [-0.25, -0.2) is 9.78 Å². The summed E-state index contributed by atoms with van der Waals surface area (Å²) in [5, 5.41) is 7.95. The number of amides is 2. The lowest BCUT2D eigenvalue weighted by Crippen LogP contribution is -2.31. The lowest BCUT2D eigenvalue weighted by molar-refractivity contribution is 0.249. The van der Waals surface area contributed by atoms with Gasteiger partial charge in [0.25, 0.3) is 0 Å². The molecule has 1 aromatic heterocycles. The van der Waals surface area contributed by atoms with Crippen molar-refractivity contribution in [2.75, 3.05) is 19.5 Å². The quantitative estimate of drug-likeness (QED) is 0.886. The van der Waals surface area contributed by atoms with Crippen molar-refractivity contribution in [2.24, 2.45) is 0 Å². The number of hydrogen-bond donors (Lipinski definition) is 2. The Balaban J connectivity index is 2.11. The van der Waals surface area contributed by atoms with Gasteiger partial charge in [0, 0.05) is 11.6 Å². The number of urea groups is 1. The largest absolute Gasteiger partial charge is 0.493 e. The Morgan fingerprint density at radius 1 is 1.27 bits per heavy atom. The van der Waals surface area contributed by atoms with Crippen LogP contribution in [-0.2, 0) is 0 Å². The van der Waals surface area contributed by atoms with E-state index in [2.05, 4.69) is 15.6 Å². The zero-order valence-corrected chi connectivity index (χ0v) is 13.8. The number of rotatable bonds is 5. The number of carbonyl (C=O) groups is 1. The van der Waals surface area contributed by atoms with Crippen LogP contribution in [0.2, 0.25) is 0 Å². The number of anilines is 1. The van der Waals surface area contributed by atoms with E-state index in [0.717, 1.165) is 11.1 Å². The first-order valence-electron chi connectivity index (χ1n) is 6.74. The highest BCUT2D eigenvalue weighted by atomic mass is 32.1. The van der Waals surface area contributed by atoms with Crippen LogP contribution in [0.5, 0.6) is 11.5 Å². The highest BCUT2D eigenvalue weighted by Gasteiger charge is 2.16. The molecule has 2 N–H and O–H groups in total. The van der Waals surface area contributed by atoms with Crippen LogP contribution in [0.4, 0.5) is 9.93 Å². The van der Waals surface area contributed by atoms with E-state index < -0.39 is 0 Å². The molecule has 0 saturated carbocycles. The van der Waals surface area contributed by atoms with Crippen molar-refractivity contribution in [1.82, 2.24) is 10.3 Å². The maximum Gasteiger partial charge on any atom is 0.321 e. The molecular weight excluding hydrogens is 302 g/mol. The van der Waals surface area contributed by atoms with E-state index in [1.54, 1.807) is 25.8 Å². The van der Waals surface area contributed by atoms with Crippen LogP contribution in [0.25, 0.3) is 0 Å². The SMILES string of the molecule is COc1cc(C)c(C(C)NC(=O)Nc2nccs2)cc1OC. The maximum absolute atomic E-state index is 12.0. The minimum Gasteiger partial charge on any atom is -0.493 e. The Bertz CT molecular complexity index is 644. The third kappa shape index (κ3) is 3.67. The first-order chi connectivity index (χ1) is 10.5. The van der Waals surface area contributed by atoms with Crippen molar-refractivity contribution in [3.8, 4) is 11.5 Å². The lowest BCUT2D eigenvalue weighted by Gasteiger charge is -2.19. The maximum atomic E-state index is 12.0. The van der Waals surface area contributed by atoms with Crippen LogP contribution in [0.3, 0.4) is 0 Å². The number of benzene rings is 1. The van der Waals surface area contributed by atoms with Crippen molar-refractivity contribution < 1.29 is 14.3 Å². The van der Waals surface area contributed by atoms with Gasteiger partial charge < -0.3 is 14.8 Å². The molecule has 0 saturated heterocycles. The summed E-state index contributed by atoms with van der Waals surface area (Å²) in [5.74, 6) is 1.31. The molecule has 0 spiro atoms. The summed E-state index contributed by atoms with van der Waals surface area (Å²) in [6.45, 7) is 3.88. The summed E-state index contributed by atoms with van der Waals surface area (Å²) in [7, 11) is 3.18. The molecule has 6 nitrogen and oxygen atoms in total. The number of nitrogens with one attached hydrogen (secondary N) is 2. The summed E-state index contributed by atoms with van der Waals surface area (Å²) in [6, 6.07) is 3.30. The highest BCUT2D eigenvalue weighted by molar-refractivity contribution is 7.13. The standard InChI is InChI=1S/C15H19N3O3S/c1-9-7-12(20-3)13(21-4)8-11(9)10(2)17-14(19)18-15-16-5-6-22-15/h5-8,10H,1-4H3,(H2,16,17,18,19). The molecule has 0 fully saturated rings. The first-order valence-corrected chi connectivity index (χ1v) is 7.62. The second kappa shape index (κ2) is 7.13. The van der Waals surface area contributed by atoms with Crippen LogP contribution in [-0.4, -0.2) is 25.2 Å². The Morgan fingerprint density at radius 2 is 1.95 bits per heavy atom. The second-order valence-corrected chi connectivity index (χ2v) is 5.62. The van der Waals surface area contributed by atoms with Crippen molar-refractivity contribution >= 4 is 22.5 Å². The van der Waals surface area contributed by atoms with E-state index >= 15 is 0 Å². The van der Waals surface area contributed by atoms with Gasteiger partial charge >= 0.3 is 6.03 Å². The van der Waals surface area contributed by atoms with Gasteiger partial charge in [0.2, 0.25) is 0 Å². The molecule has 0 bridgehead atoms. The minimum absolute atomic E-state index is 0.181. The predicted molar refractivity (Wildman–Crippen MR) is 87.0 cm³/mol. The predicted octanol–water partition coefficient (Wildman–Crippen LogP) is 3.35. The molecule has 22 heavy (non-hydrogen) atoms. The molecule has 2 rings (SSSR count). The van der Waals surface area contributed by atoms with Gasteiger partial charge in [-0.05, 0) is 37.1 Å². The number of thiazole rings is 1. The van der Waals surface area contributed by atoms with Gasteiger partial charge in [0.05, 0.1) is 20.3 Å². The molecule has 1 unspecified atom stereocenters. The Hall–Kier alpha value is -2.28. The number of hydrogen-bond acceptors (Lipinski definition) is 5. The molecule has 7 heteroatoms. The molecule has 2 aromatic rings. The highest BCUT2D eigenvalue weighted by Crippen LogP contribution is 2.32.